The summed E-state index contributed by atoms with van der Waals surface area (Å²) in [5, 5.41) is 10.6. The van der Waals surface area contributed by atoms with Gasteiger partial charge in [0.25, 0.3) is 0 Å². The Morgan fingerprint density at radius 3 is 2.61 bits per heavy atom. The summed E-state index contributed by atoms with van der Waals surface area (Å²) in [7, 11) is 0. The number of carbonyl (C=O) groups excluding carboxylic acids is 1. The molecule has 0 bridgehead atoms. The Hall–Kier alpha value is -1.68. The molecule has 0 radical (unpaired) electrons. The summed E-state index contributed by atoms with van der Waals surface area (Å²) < 4.78 is 32.9. The summed E-state index contributed by atoms with van der Waals surface area (Å²) in [4.78, 5) is 18.4. The first kappa shape index (κ1) is 24.0. The van der Waals surface area contributed by atoms with E-state index in [9.17, 15) is 9.90 Å². The number of halogens is 1. The van der Waals surface area contributed by atoms with Gasteiger partial charge in [0, 0.05) is 6.54 Å². The van der Waals surface area contributed by atoms with Gasteiger partial charge in [-0.3, -0.25) is 9.89 Å². The standard InChI is InChI=1S/C22H31FN2O5S/c1-6-25(21(27)30-22(3,4)5)20-24-16-15(23)18(17(13(2)26)29-19(16)31-20)28-12-14-10-8-7-9-11-14/h7-11,13,15-19,26H,6,12H2,1-5H3/t13?,15-,16-,17-,18+,19-/m1/s1. The van der Waals surface area contributed by atoms with Gasteiger partial charge in [-0.25, -0.2) is 9.18 Å². The van der Waals surface area contributed by atoms with Crippen molar-refractivity contribution in [3.8, 4) is 0 Å². The van der Waals surface area contributed by atoms with Gasteiger partial charge in [0.05, 0.1) is 12.7 Å². The van der Waals surface area contributed by atoms with E-state index in [4.69, 9.17) is 14.2 Å². The van der Waals surface area contributed by atoms with Gasteiger partial charge in [-0.05, 0) is 40.2 Å². The minimum atomic E-state index is -1.50. The predicted octanol–water partition coefficient (Wildman–Crippen LogP) is 3.74. The normalized spacial score (nSPS) is 29.1. The number of aliphatic hydroxyl groups excluding tert-OH is 1. The number of nitrogens with zero attached hydrogens (tertiary/aromatic N) is 2. The van der Waals surface area contributed by atoms with Crippen molar-refractivity contribution >= 4 is 23.0 Å². The predicted molar refractivity (Wildman–Crippen MR) is 118 cm³/mol. The van der Waals surface area contributed by atoms with Crippen LogP contribution >= 0.6 is 11.8 Å². The van der Waals surface area contributed by atoms with E-state index in [0.717, 1.165) is 5.56 Å². The molecular formula is C22H31FN2O5S. The van der Waals surface area contributed by atoms with Crippen molar-refractivity contribution in [2.75, 3.05) is 6.54 Å². The molecule has 2 aliphatic heterocycles. The molecule has 0 aliphatic carbocycles. The van der Waals surface area contributed by atoms with E-state index in [1.54, 1.807) is 34.6 Å². The molecule has 2 aliphatic rings. The van der Waals surface area contributed by atoms with Gasteiger partial charge < -0.3 is 19.3 Å². The van der Waals surface area contributed by atoms with Crippen LogP contribution in [-0.4, -0.2) is 69.4 Å². The lowest BCUT2D eigenvalue weighted by atomic mass is 9.96. The summed E-state index contributed by atoms with van der Waals surface area (Å²) in [6, 6.07) is 8.59. The van der Waals surface area contributed by atoms with E-state index in [1.165, 1.54) is 16.7 Å². The number of carbonyl (C=O) groups is 1. The zero-order valence-electron chi connectivity index (χ0n) is 18.5. The van der Waals surface area contributed by atoms with E-state index in [-0.39, 0.29) is 6.61 Å². The van der Waals surface area contributed by atoms with Crippen molar-refractivity contribution in [2.45, 2.75) is 82.8 Å². The second-order valence-corrected chi connectivity index (χ2v) is 9.73. The van der Waals surface area contributed by atoms with Crippen LogP contribution in [0.2, 0.25) is 0 Å². The molecule has 31 heavy (non-hydrogen) atoms. The molecule has 7 nitrogen and oxygen atoms in total. The first-order chi connectivity index (χ1) is 14.6. The Bertz CT molecular complexity index is 786. The zero-order valence-corrected chi connectivity index (χ0v) is 19.3. The van der Waals surface area contributed by atoms with Crippen molar-refractivity contribution in [2.24, 2.45) is 4.99 Å². The number of amides is 1. The van der Waals surface area contributed by atoms with Crippen molar-refractivity contribution in [1.82, 2.24) is 4.90 Å². The number of benzene rings is 1. The summed E-state index contributed by atoms with van der Waals surface area (Å²) in [5.74, 6) is 0. The van der Waals surface area contributed by atoms with Crippen LogP contribution in [-0.2, 0) is 20.8 Å². The Balaban J connectivity index is 1.76. The molecule has 0 spiro atoms. The van der Waals surface area contributed by atoms with Crippen molar-refractivity contribution < 1.29 is 28.5 Å². The number of thioether (sulfide) groups is 1. The number of aliphatic hydroxyl groups is 1. The lowest BCUT2D eigenvalue weighted by molar-refractivity contribution is -0.188. The smallest absolute Gasteiger partial charge is 0.416 e. The minimum Gasteiger partial charge on any atom is -0.443 e. The van der Waals surface area contributed by atoms with Crippen LogP contribution in [0.5, 0.6) is 0 Å². The molecule has 1 N–H and O–H groups in total. The highest BCUT2D eigenvalue weighted by Gasteiger charge is 2.52. The maximum absolute atomic E-state index is 15.6. The molecule has 1 unspecified atom stereocenters. The molecule has 3 rings (SSSR count). The number of hydrogen-bond acceptors (Lipinski definition) is 7. The molecule has 1 aromatic rings. The quantitative estimate of drug-likeness (QED) is 0.730. The number of alkyl halides is 1. The summed E-state index contributed by atoms with van der Waals surface area (Å²) >= 11 is 1.17. The molecule has 1 saturated heterocycles. The molecule has 172 valence electrons. The van der Waals surface area contributed by atoms with Crippen molar-refractivity contribution in [3.05, 3.63) is 35.9 Å². The van der Waals surface area contributed by atoms with Gasteiger partial charge in [0.1, 0.15) is 29.3 Å². The average Bonchev–Trinajstić information content (AvgIpc) is 3.11. The Kier molecular flexibility index (Phi) is 7.62. The SMILES string of the molecule is CCN(C(=O)OC(C)(C)C)C1=N[C@@H]2[C@@H](F)[C@H](OCc3ccccc3)[C@@H](C(C)O)O[C@@H]2S1. The number of fused-ring (bicyclic) bond motifs is 1. The third-order valence-corrected chi connectivity index (χ3v) is 6.10. The Morgan fingerprint density at radius 1 is 1.35 bits per heavy atom. The fourth-order valence-corrected chi connectivity index (χ4v) is 4.72. The van der Waals surface area contributed by atoms with Crippen LogP contribution in [0.25, 0.3) is 0 Å². The van der Waals surface area contributed by atoms with Crippen molar-refractivity contribution in [1.29, 1.82) is 0 Å². The van der Waals surface area contributed by atoms with Crippen LogP contribution < -0.4 is 0 Å². The van der Waals surface area contributed by atoms with Crippen LogP contribution in [0.3, 0.4) is 0 Å². The van der Waals surface area contributed by atoms with Gasteiger partial charge in [-0.1, -0.05) is 42.1 Å². The van der Waals surface area contributed by atoms with Crippen LogP contribution in [0.15, 0.2) is 35.3 Å². The fourth-order valence-electron chi connectivity index (χ4n) is 3.46. The molecular weight excluding hydrogens is 423 g/mol. The molecule has 0 aromatic heterocycles. The average molecular weight is 455 g/mol. The second-order valence-electron chi connectivity index (χ2n) is 8.66. The summed E-state index contributed by atoms with van der Waals surface area (Å²) in [6.07, 6.45) is -4.80. The molecule has 0 saturated carbocycles. The highest BCUT2D eigenvalue weighted by molar-refractivity contribution is 8.14. The van der Waals surface area contributed by atoms with E-state index in [0.29, 0.717) is 11.7 Å². The maximum Gasteiger partial charge on any atom is 0.416 e. The number of rotatable bonds is 5. The number of amidine groups is 1. The second kappa shape index (κ2) is 9.85. The molecule has 1 aromatic carbocycles. The third kappa shape index (κ3) is 5.77. The number of aliphatic imine (C=N–C) groups is 1. The molecule has 9 heteroatoms. The lowest BCUT2D eigenvalue weighted by Crippen LogP contribution is -2.57. The monoisotopic (exact) mass is 454 g/mol. The van der Waals surface area contributed by atoms with Gasteiger partial charge in [-0.15, -0.1) is 0 Å². The Labute approximate surface area is 186 Å². The molecule has 1 fully saturated rings. The van der Waals surface area contributed by atoms with E-state index in [2.05, 4.69) is 4.99 Å². The fraction of sp³-hybridized carbons (Fsp3) is 0.636. The maximum atomic E-state index is 15.6. The van der Waals surface area contributed by atoms with Crippen molar-refractivity contribution in [3.63, 3.8) is 0 Å². The lowest BCUT2D eigenvalue weighted by Gasteiger charge is -2.40. The van der Waals surface area contributed by atoms with Gasteiger partial charge in [0.15, 0.2) is 11.3 Å². The Morgan fingerprint density at radius 2 is 2.03 bits per heavy atom. The van der Waals surface area contributed by atoms with Gasteiger partial charge in [0.2, 0.25) is 0 Å². The topological polar surface area (TPSA) is 80.6 Å². The van der Waals surface area contributed by atoms with Crippen LogP contribution in [0.4, 0.5) is 9.18 Å². The third-order valence-electron chi connectivity index (χ3n) is 4.94. The highest BCUT2D eigenvalue weighted by Crippen LogP contribution is 2.40. The van der Waals surface area contributed by atoms with Gasteiger partial charge in [-0.2, -0.15) is 0 Å². The molecule has 1 amide bonds. The minimum absolute atomic E-state index is 0.193. The highest BCUT2D eigenvalue weighted by atomic mass is 32.2. The molecule has 6 atom stereocenters. The van der Waals surface area contributed by atoms with Crippen LogP contribution in [0.1, 0.15) is 40.2 Å². The van der Waals surface area contributed by atoms with E-state index in [1.807, 2.05) is 30.3 Å². The number of ether oxygens (including phenoxy) is 3. The van der Waals surface area contributed by atoms with Crippen LogP contribution in [0, 0.1) is 0 Å². The first-order valence-corrected chi connectivity index (χ1v) is 11.4. The summed E-state index contributed by atoms with van der Waals surface area (Å²) in [6.45, 7) is 9.22. The largest absolute Gasteiger partial charge is 0.443 e. The summed E-state index contributed by atoms with van der Waals surface area (Å²) in [5.41, 5.74) is -0.417. The van der Waals surface area contributed by atoms with E-state index < -0.39 is 47.7 Å². The zero-order chi connectivity index (χ0) is 22.8. The van der Waals surface area contributed by atoms with Gasteiger partial charge >= 0.3 is 6.09 Å². The number of hydrogen-bond donors (Lipinski definition) is 1. The molecule has 2 heterocycles. The van der Waals surface area contributed by atoms with E-state index >= 15 is 4.39 Å². The first-order valence-electron chi connectivity index (χ1n) is 10.5.